The Hall–Kier alpha value is -1.75. The second-order valence-corrected chi connectivity index (χ2v) is 3.57. The van der Waals surface area contributed by atoms with Crippen molar-refractivity contribution in [2.75, 3.05) is 6.54 Å². The van der Waals surface area contributed by atoms with Gasteiger partial charge in [-0.05, 0) is 25.1 Å². The van der Waals surface area contributed by atoms with Crippen LogP contribution >= 0.6 is 0 Å². The Morgan fingerprint density at radius 3 is 2.94 bits per heavy atom. The molecule has 0 aliphatic carbocycles. The summed E-state index contributed by atoms with van der Waals surface area (Å²) in [5.74, 6) is 0.157. The molecule has 0 aliphatic heterocycles. The molecule has 2 aromatic rings. The summed E-state index contributed by atoms with van der Waals surface area (Å²) in [5.41, 5.74) is 5.68. The molecule has 4 nitrogen and oxygen atoms in total. The molecule has 0 atom stereocenters. The molecule has 0 unspecified atom stereocenters. The normalized spacial score (nSPS) is 10.9. The van der Waals surface area contributed by atoms with E-state index in [0.29, 0.717) is 29.8 Å². The molecule has 0 spiro atoms. The second-order valence-electron chi connectivity index (χ2n) is 3.57. The number of rotatable bonds is 2. The Morgan fingerprint density at radius 1 is 1.50 bits per heavy atom. The van der Waals surface area contributed by atoms with E-state index in [1.54, 1.807) is 6.92 Å². The van der Waals surface area contributed by atoms with Crippen LogP contribution in [0.15, 0.2) is 23.0 Å². The van der Waals surface area contributed by atoms with Crippen molar-refractivity contribution >= 4 is 10.9 Å². The molecule has 0 saturated heterocycles. The van der Waals surface area contributed by atoms with E-state index in [9.17, 15) is 9.18 Å². The average Bonchev–Trinajstić information content (AvgIpc) is 2.26. The summed E-state index contributed by atoms with van der Waals surface area (Å²) < 4.78 is 14.5. The van der Waals surface area contributed by atoms with E-state index >= 15 is 0 Å². The first kappa shape index (κ1) is 10.8. The van der Waals surface area contributed by atoms with Crippen molar-refractivity contribution in [1.29, 1.82) is 0 Å². The Balaban J connectivity index is 2.80. The van der Waals surface area contributed by atoms with Gasteiger partial charge < -0.3 is 5.73 Å². The lowest BCUT2D eigenvalue weighted by atomic mass is 10.2. The summed E-state index contributed by atoms with van der Waals surface area (Å²) in [6, 6.07) is 4.00. The van der Waals surface area contributed by atoms with E-state index in [1.807, 2.05) is 0 Å². The van der Waals surface area contributed by atoms with Crippen molar-refractivity contribution < 1.29 is 4.39 Å². The van der Waals surface area contributed by atoms with Crippen LogP contribution in [0.5, 0.6) is 0 Å². The first-order valence-corrected chi connectivity index (χ1v) is 5.00. The van der Waals surface area contributed by atoms with E-state index in [2.05, 4.69) is 4.98 Å². The molecule has 0 saturated carbocycles. The van der Waals surface area contributed by atoms with Gasteiger partial charge in [0.2, 0.25) is 0 Å². The van der Waals surface area contributed by atoms with Gasteiger partial charge in [0.15, 0.2) is 0 Å². The Bertz CT molecular complexity index is 592. The monoisotopic (exact) mass is 221 g/mol. The predicted molar refractivity (Wildman–Crippen MR) is 59.8 cm³/mol. The molecular weight excluding hydrogens is 209 g/mol. The van der Waals surface area contributed by atoms with Gasteiger partial charge in [-0.3, -0.25) is 9.36 Å². The molecule has 5 heteroatoms. The lowest BCUT2D eigenvalue weighted by Crippen LogP contribution is -2.27. The number of nitrogens with zero attached hydrogens (tertiary/aromatic N) is 2. The van der Waals surface area contributed by atoms with Crippen molar-refractivity contribution in [1.82, 2.24) is 9.55 Å². The van der Waals surface area contributed by atoms with E-state index in [1.165, 1.54) is 22.8 Å². The van der Waals surface area contributed by atoms with Crippen molar-refractivity contribution in [3.63, 3.8) is 0 Å². The lowest BCUT2D eigenvalue weighted by molar-refractivity contribution is 0.626. The highest BCUT2D eigenvalue weighted by Crippen LogP contribution is 2.09. The largest absolute Gasteiger partial charge is 0.329 e. The number of halogens is 1. The number of hydrogen-bond donors (Lipinski definition) is 1. The molecule has 0 aliphatic rings. The summed E-state index contributed by atoms with van der Waals surface area (Å²) in [6.45, 7) is 2.48. The number of nitrogens with two attached hydrogens (primary N) is 1. The molecule has 0 radical (unpaired) electrons. The van der Waals surface area contributed by atoms with Crippen LogP contribution in [0.2, 0.25) is 0 Å². The highest BCUT2D eigenvalue weighted by atomic mass is 19.1. The van der Waals surface area contributed by atoms with E-state index in [0.717, 1.165) is 0 Å². The number of benzene rings is 1. The summed E-state index contributed by atoms with van der Waals surface area (Å²) in [7, 11) is 0. The fourth-order valence-corrected chi connectivity index (χ4v) is 1.70. The zero-order valence-electron chi connectivity index (χ0n) is 8.90. The zero-order chi connectivity index (χ0) is 11.7. The Morgan fingerprint density at radius 2 is 2.25 bits per heavy atom. The summed E-state index contributed by atoms with van der Waals surface area (Å²) in [4.78, 5) is 16.2. The predicted octanol–water partition coefficient (Wildman–Crippen LogP) is 0.803. The molecule has 0 bridgehead atoms. The number of aromatic nitrogens is 2. The highest BCUT2D eigenvalue weighted by molar-refractivity contribution is 5.77. The fraction of sp³-hybridized carbons (Fsp3) is 0.273. The summed E-state index contributed by atoms with van der Waals surface area (Å²) in [6.07, 6.45) is 0. The number of hydrogen-bond acceptors (Lipinski definition) is 3. The lowest BCUT2D eigenvalue weighted by Gasteiger charge is -2.09. The van der Waals surface area contributed by atoms with Crippen LogP contribution in [-0.2, 0) is 6.54 Å². The average molecular weight is 221 g/mol. The highest BCUT2D eigenvalue weighted by Gasteiger charge is 2.07. The number of fused-ring (bicyclic) bond motifs is 1. The summed E-state index contributed by atoms with van der Waals surface area (Å²) in [5, 5.41) is 0.291. The molecule has 1 aromatic heterocycles. The molecule has 2 N–H and O–H groups in total. The van der Waals surface area contributed by atoms with E-state index < -0.39 is 5.82 Å². The van der Waals surface area contributed by atoms with Gasteiger partial charge >= 0.3 is 0 Å². The standard InChI is InChI=1S/C11H12FN3O/c1-7-14-10-3-2-8(12)6-9(10)11(16)15(7)5-4-13/h2-3,6H,4-5,13H2,1H3. The Kier molecular flexibility index (Phi) is 2.70. The van der Waals surface area contributed by atoms with Gasteiger partial charge in [-0.25, -0.2) is 9.37 Å². The van der Waals surface area contributed by atoms with E-state index in [-0.39, 0.29) is 5.56 Å². The van der Waals surface area contributed by atoms with Crippen molar-refractivity contribution in [2.24, 2.45) is 5.73 Å². The third-order valence-electron chi connectivity index (χ3n) is 2.46. The van der Waals surface area contributed by atoms with Crippen LogP contribution < -0.4 is 11.3 Å². The van der Waals surface area contributed by atoms with E-state index in [4.69, 9.17) is 5.73 Å². The van der Waals surface area contributed by atoms with Gasteiger partial charge in [-0.15, -0.1) is 0 Å². The van der Waals surface area contributed by atoms with Crippen molar-refractivity contribution in [3.05, 3.63) is 40.2 Å². The maximum Gasteiger partial charge on any atom is 0.261 e. The topological polar surface area (TPSA) is 60.9 Å². The van der Waals surface area contributed by atoms with Crippen LogP contribution in [0.4, 0.5) is 4.39 Å². The molecule has 84 valence electrons. The summed E-state index contributed by atoms with van der Waals surface area (Å²) >= 11 is 0. The van der Waals surface area contributed by atoms with Gasteiger partial charge in [-0.2, -0.15) is 0 Å². The molecule has 1 aromatic carbocycles. The smallest absolute Gasteiger partial charge is 0.261 e. The third-order valence-corrected chi connectivity index (χ3v) is 2.46. The number of aryl methyl sites for hydroxylation is 1. The molecule has 0 amide bonds. The minimum absolute atomic E-state index is 0.243. The quantitative estimate of drug-likeness (QED) is 0.816. The SMILES string of the molecule is Cc1nc2ccc(F)cc2c(=O)n1CCN. The van der Waals surface area contributed by atoms with Gasteiger partial charge in [0.25, 0.3) is 5.56 Å². The minimum atomic E-state index is -0.436. The molecular formula is C11H12FN3O. The zero-order valence-corrected chi connectivity index (χ0v) is 8.90. The van der Waals surface area contributed by atoms with Gasteiger partial charge in [0.05, 0.1) is 10.9 Å². The molecule has 1 heterocycles. The first-order valence-electron chi connectivity index (χ1n) is 5.00. The van der Waals surface area contributed by atoms with Crippen LogP contribution in [0.3, 0.4) is 0 Å². The van der Waals surface area contributed by atoms with Gasteiger partial charge in [-0.1, -0.05) is 0 Å². The van der Waals surface area contributed by atoms with Crippen LogP contribution in [0.25, 0.3) is 10.9 Å². The molecule has 16 heavy (non-hydrogen) atoms. The van der Waals surface area contributed by atoms with Gasteiger partial charge in [0.1, 0.15) is 11.6 Å². The third kappa shape index (κ3) is 1.69. The maximum atomic E-state index is 13.0. The fourth-order valence-electron chi connectivity index (χ4n) is 1.70. The molecule has 0 fully saturated rings. The van der Waals surface area contributed by atoms with Crippen molar-refractivity contribution in [3.8, 4) is 0 Å². The van der Waals surface area contributed by atoms with Crippen LogP contribution in [0, 0.1) is 12.7 Å². The minimum Gasteiger partial charge on any atom is -0.329 e. The molecule has 2 rings (SSSR count). The first-order chi connectivity index (χ1) is 7.63. The van der Waals surface area contributed by atoms with Gasteiger partial charge in [0, 0.05) is 13.1 Å². The van der Waals surface area contributed by atoms with Crippen molar-refractivity contribution in [2.45, 2.75) is 13.5 Å². The maximum absolute atomic E-state index is 13.0. The van der Waals surface area contributed by atoms with Crippen LogP contribution in [-0.4, -0.2) is 16.1 Å². The second kappa shape index (κ2) is 4.02. The van der Waals surface area contributed by atoms with Crippen LogP contribution in [0.1, 0.15) is 5.82 Å². The Labute approximate surface area is 91.5 Å².